The molecule has 0 radical (unpaired) electrons. The zero-order valence-electron chi connectivity index (χ0n) is 10.2. The molecule has 0 saturated heterocycles. The molecule has 0 aliphatic heterocycles. The number of hydrogen-bond donors (Lipinski definition) is 0. The van der Waals surface area contributed by atoms with Gasteiger partial charge in [0.15, 0.2) is 5.78 Å². The van der Waals surface area contributed by atoms with Crippen LogP contribution in [0.2, 0.25) is 0 Å². The average molecular weight is 304 g/mol. The van der Waals surface area contributed by atoms with Crippen molar-refractivity contribution in [1.29, 1.82) is 0 Å². The lowest BCUT2D eigenvalue weighted by molar-refractivity contribution is 0.0660. The van der Waals surface area contributed by atoms with Gasteiger partial charge in [0.25, 0.3) is 0 Å². The van der Waals surface area contributed by atoms with Gasteiger partial charge in [0, 0.05) is 4.47 Å². The van der Waals surface area contributed by atoms with Crippen molar-refractivity contribution in [2.24, 2.45) is 0 Å². The summed E-state index contributed by atoms with van der Waals surface area (Å²) in [4.78, 5) is 15.5. The molecule has 0 amide bonds. The zero-order chi connectivity index (χ0) is 12.3. The van der Waals surface area contributed by atoms with Gasteiger partial charge in [-0.15, -0.1) is 11.3 Å². The number of halogens is 1. The van der Waals surface area contributed by atoms with Gasteiger partial charge in [-0.3, -0.25) is 9.69 Å². The molecule has 2 nitrogen and oxygen atoms in total. The monoisotopic (exact) mass is 303 g/mol. The van der Waals surface area contributed by atoms with Gasteiger partial charge in [0.1, 0.15) is 0 Å². The normalized spacial score (nSPS) is 12.1. The maximum absolute atomic E-state index is 12.6. The fourth-order valence-electron chi connectivity index (χ4n) is 2.07. The van der Waals surface area contributed by atoms with Crippen LogP contribution in [0.1, 0.15) is 36.4 Å². The van der Waals surface area contributed by atoms with Crippen molar-refractivity contribution in [2.45, 2.75) is 32.2 Å². The lowest BCUT2D eigenvalue weighted by Crippen LogP contribution is -2.50. The maximum atomic E-state index is 12.6. The summed E-state index contributed by atoms with van der Waals surface area (Å²) in [5.74, 6) is 0.226. The van der Waals surface area contributed by atoms with E-state index in [1.807, 2.05) is 30.4 Å². The smallest absolute Gasteiger partial charge is 0.194 e. The second-order valence-electron chi connectivity index (χ2n) is 4.06. The van der Waals surface area contributed by atoms with Crippen molar-refractivity contribution in [2.75, 3.05) is 14.1 Å². The molecule has 0 aliphatic carbocycles. The molecular formula is C12H18BrNOS. The number of nitrogens with zero attached hydrogens (tertiary/aromatic N) is 1. The first-order valence-corrected chi connectivity index (χ1v) is 7.12. The van der Waals surface area contributed by atoms with Gasteiger partial charge >= 0.3 is 0 Å². The van der Waals surface area contributed by atoms with E-state index in [2.05, 4.69) is 29.8 Å². The fourth-order valence-corrected chi connectivity index (χ4v) is 3.66. The summed E-state index contributed by atoms with van der Waals surface area (Å²) in [6.45, 7) is 4.14. The molecule has 1 heterocycles. The highest BCUT2D eigenvalue weighted by atomic mass is 79.9. The van der Waals surface area contributed by atoms with Crippen LogP contribution >= 0.6 is 27.3 Å². The second kappa shape index (κ2) is 5.43. The summed E-state index contributed by atoms with van der Waals surface area (Å²) in [6, 6.07) is 1.93. The molecule has 0 bridgehead atoms. The third kappa shape index (κ3) is 2.24. The molecule has 1 aromatic heterocycles. The molecule has 1 rings (SSSR count). The molecule has 0 atom stereocenters. The number of Topliss-reactive ketones (excluding diaryl/α,β-unsaturated/α-hetero) is 1. The number of hydrogen-bond acceptors (Lipinski definition) is 3. The second-order valence-corrected chi connectivity index (χ2v) is 5.83. The predicted molar refractivity (Wildman–Crippen MR) is 73.3 cm³/mol. The van der Waals surface area contributed by atoms with E-state index in [0.29, 0.717) is 0 Å². The quantitative estimate of drug-likeness (QED) is 0.771. The summed E-state index contributed by atoms with van der Waals surface area (Å²) in [7, 11) is 3.96. The topological polar surface area (TPSA) is 20.3 Å². The Hall–Kier alpha value is -0.190. The zero-order valence-corrected chi connectivity index (χ0v) is 12.6. The summed E-state index contributed by atoms with van der Waals surface area (Å²) >= 11 is 4.95. The van der Waals surface area contributed by atoms with Crippen molar-refractivity contribution in [3.63, 3.8) is 0 Å². The SMILES string of the molecule is CCC(CC)(C(=O)c1sccc1Br)N(C)C. The van der Waals surface area contributed by atoms with E-state index < -0.39 is 0 Å². The van der Waals surface area contributed by atoms with Crippen LogP contribution in [0.15, 0.2) is 15.9 Å². The van der Waals surface area contributed by atoms with Crippen LogP contribution in [-0.4, -0.2) is 30.3 Å². The molecule has 16 heavy (non-hydrogen) atoms. The molecule has 1 aromatic rings. The predicted octanol–water partition coefficient (Wildman–Crippen LogP) is 3.81. The van der Waals surface area contributed by atoms with E-state index in [1.165, 1.54) is 11.3 Å². The fraction of sp³-hybridized carbons (Fsp3) is 0.583. The summed E-state index contributed by atoms with van der Waals surface area (Å²) in [5, 5.41) is 1.95. The molecule has 90 valence electrons. The minimum absolute atomic E-state index is 0.226. The minimum atomic E-state index is -0.368. The van der Waals surface area contributed by atoms with Gasteiger partial charge in [-0.1, -0.05) is 13.8 Å². The van der Waals surface area contributed by atoms with E-state index >= 15 is 0 Å². The first-order chi connectivity index (χ1) is 7.49. The van der Waals surface area contributed by atoms with Crippen molar-refractivity contribution < 1.29 is 4.79 Å². The molecular weight excluding hydrogens is 286 g/mol. The van der Waals surface area contributed by atoms with Crippen LogP contribution in [0.4, 0.5) is 0 Å². The summed E-state index contributed by atoms with van der Waals surface area (Å²) in [5.41, 5.74) is -0.368. The van der Waals surface area contributed by atoms with Gasteiger partial charge in [0.05, 0.1) is 10.4 Å². The van der Waals surface area contributed by atoms with E-state index in [0.717, 1.165) is 22.2 Å². The van der Waals surface area contributed by atoms with E-state index in [1.54, 1.807) is 0 Å². The largest absolute Gasteiger partial charge is 0.297 e. The Labute approximate surface area is 110 Å². The number of carbonyl (C=O) groups is 1. The molecule has 0 fully saturated rings. The maximum Gasteiger partial charge on any atom is 0.194 e. The Morgan fingerprint density at radius 3 is 2.31 bits per heavy atom. The van der Waals surface area contributed by atoms with E-state index in [9.17, 15) is 4.79 Å². The molecule has 0 spiro atoms. The Morgan fingerprint density at radius 2 is 2.00 bits per heavy atom. The van der Waals surface area contributed by atoms with Crippen LogP contribution < -0.4 is 0 Å². The molecule has 4 heteroatoms. The van der Waals surface area contributed by atoms with Crippen LogP contribution in [0, 0.1) is 0 Å². The summed E-state index contributed by atoms with van der Waals surface area (Å²) < 4.78 is 0.913. The third-order valence-electron chi connectivity index (χ3n) is 3.27. The molecule has 0 aromatic carbocycles. The first-order valence-electron chi connectivity index (χ1n) is 5.44. The van der Waals surface area contributed by atoms with Crippen molar-refractivity contribution in [3.05, 3.63) is 20.8 Å². The lowest BCUT2D eigenvalue weighted by Gasteiger charge is -2.36. The highest BCUT2D eigenvalue weighted by Crippen LogP contribution is 2.32. The van der Waals surface area contributed by atoms with Crippen LogP contribution in [-0.2, 0) is 0 Å². The molecule has 0 N–H and O–H groups in total. The molecule has 0 saturated carbocycles. The van der Waals surface area contributed by atoms with Gasteiger partial charge < -0.3 is 0 Å². The van der Waals surface area contributed by atoms with Gasteiger partial charge in [-0.05, 0) is 54.3 Å². The Balaban J connectivity index is 3.15. The number of ketones is 1. The molecule has 0 unspecified atom stereocenters. The van der Waals surface area contributed by atoms with Crippen LogP contribution in [0.3, 0.4) is 0 Å². The lowest BCUT2D eigenvalue weighted by atomic mass is 9.86. The number of rotatable bonds is 5. The van der Waals surface area contributed by atoms with E-state index in [-0.39, 0.29) is 11.3 Å². The Bertz CT molecular complexity index is 369. The third-order valence-corrected chi connectivity index (χ3v) is 5.11. The Morgan fingerprint density at radius 1 is 1.44 bits per heavy atom. The number of likely N-dealkylation sites (N-methyl/N-ethyl adjacent to an activating group) is 1. The number of carbonyl (C=O) groups excluding carboxylic acids is 1. The van der Waals surface area contributed by atoms with Crippen LogP contribution in [0.25, 0.3) is 0 Å². The highest BCUT2D eigenvalue weighted by molar-refractivity contribution is 9.10. The van der Waals surface area contributed by atoms with Crippen molar-refractivity contribution in [3.8, 4) is 0 Å². The number of thiophene rings is 1. The average Bonchev–Trinajstić information content (AvgIpc) is 2.66. The van der Waals surface area contributed by atoms with Crippen LogP contribution in [0.5, 0.6) is 0 Å². The highest BCUT2D eigenvalue weighted by Gasteiger charge is 2.38. The van der Waals surface area contributed by atoms with Gasteiger partial charge in [0.2, 0.25) is 0 Å². The standard InChI is InChI=1S/C12H18BrNOS/c1-5-12(6-2,14(3)4)11(15)10-9(13)7-8-16-10/h7-8H,5-6H2,1-4H3. The van der Waals surface area contributed by atoms with E-state index in [4.69, 9.17) is 0 Å². The van der Waals surface area contributed by atoms with Gasteiger partial charge in [-0.25, -0.2) is 0 Å². The summed E-state index contributed by atoms with van der Waals surface area (Å²) in [6.07, 6.45) is 1.67. The molecule has 0 aliphatic rings. The van der Waals surface area contributed by atoms with Gasteiger partial charge in [-0.2, -0.15) is 0 Å². The minimum Gasteiger partial charge on any atom is -0.297 e. The Kier molecular flexibility index (Phi) is 4.71. The van der Waals surface area contributed by atoms with Crippen molar-refractivity contribution in [1.82, 2.24) is 4.90 Å². The van der Waals surface area contributed by atoms with Crippen molar-refractivity contribution >= 4 is 33.0 Å². The first kappa shape index (κ1) is 13.9.